The summed E-state index contributed by atoms with van der Waals surface area (Å²) in [5, 5.41) is 8.86. The summed E-state index contributed by atoms with van der Waals surface area (Å²) in [6, 6.07) is 13.3. The van der Waals surface area contributed by atoms with Gasteiger partial charge in [0.05, 0.1) is 0 Å². The Morgan fingerprint density at radius 2 is 1.27 bits per heavy atom. The maximum atomic E-state index is 12.8. The third-order valence-electron chi connectivity index (χ3n) is 7.23. The zero-order chi connectivity index (χ0) is 31.2. The van der Waals surface area contributed by atoms with Gasteiger partial charge in [-0.2, -0.15) is 28.1 Å². The number of alkyl halides is 3. The van der Waals surface area contributed by atoms with E-state index in [0.29, 0.717) is 29.8 Å². The second kappa shape index (κ2) is 16.6. The molecule has 4 heterocycles. The number of ketones is 1. The number of rotatable bonds is 2. The Bertz CT molecular complexity index is 1350. The van der Waals surface area contributed by atoms with Crippen molar-refractivity contribution in [2.45, 2.75) is 83.4 Å². The molecule has 0 radical (unpaired) electrons. The van der Waals surface area contributed by atoms with Gasteiger partial charge >= 0.3 is 12.2 Å². The number of anilines is 3. The highest BCUT2D eigenvalue weighted by atomic mass is 19.4. The van der Waals surface area contributed by atoms with Crippen molar-refractivity contribution in [2.24, 2.45) is 0 Å². The van der Waals surface area contributed by atoms with E-state index in [-0.39, 0.29) is 30.1 Å². The molecule has 0 unspecified atom stereocenters. The predicted molar refractivity (Wildman–Crippen MR) is 162 cm³/mol. The van der Waals surface area contributed by atoms with Crippen LogP contribution in [0.15, 0.2) is 48.5 Å². The van der Waals surface area contributed by atoms with Crippen LogP contribution in [0.25, 0.3) is 0 Å². The Hall–Kier alpha value is -4.22. The first-order valence-corrected chi connectivity index (χ1v) is 15.2. The van der Waals surface area contributed by atoms with Crippen LogP contribution in [0.3, 0.4) is 0 Å². The van der Waals surface area contributed by atoms with Gasteiger partial charge in [0.25, 0.3) is 5.91 Å². The molecule has 0 fully saturated rings. The molecule has 12 heteroatoms. The largest absolute Gasteiger partial charge is 0.454 e. The molecule has 0 saturated heterocycles. The molecule has 3 aromatic rings. The van der Waals surface area contributed by atoms with E-state index in [1.54, 1.807) is 36.4 Å². The number of amides is 1. The summed E-state index contributed by atoms with van der Waals surface area (Å²) in [4.78, 5) is 37.4. The fourth-order valence-electron chi connectivity index (χ4n) is 4.80. The molecule has 3 aliphatic heterocycles. The molecular formula is C32H39F3N6O3. The topological polar surface area (TPSA) is 118 Å². The third kappa shape index (κ3) is 11.5. The summed E-state index contributed by atoms with van der Waals surface area (Å²) in [5.41, 5.74) is 2.48. The van der Waals surface area contributed by atoms with Gasteiger partial charge in [0, 0.05) is 36.3 Å². The molecule has 9 nitrogen and oxygen atoms in total. The lowest BCUT2D eigenvalue weighted by molar-refractivity contribution is -0.154. The number of benzene rings is 2. The number of ether oxygens (including phenoxy) is 1. The van der Waals surface area contributed by atoms with E-state index < -0.39 is 18.8 Å². The normalized spacial score (nSPS) is 16.5. The van der Waals surface area contributed by atoms with Gasteiger partial charge in [-0.05, 0) is 42.7 Å². The van der Waals surface area contributed by atoms with Gasteiger partial charge in [-0.1, -0.05) is 75.6 Å². The molecule has 0 aliphatic carbocycles. The Kier molecular flexibility index (Phi) is 12.3. The van der Waals surface area contributed by atoms with Crippen LogP contribution >= 0.6 is 0 Å². The van der Waals surface area contributed by atoms with Crippen LogP contribution in [0.1, 0.15) is 96.9 Å². The number of Topliss-reactive ketones (excluding diaryl/α,β-unsaturated/α-hetero) is 1. The molecule has 3 N–H and O–H groups in total. The van der Waals surface area contributed by atoms with Crippen LogP contribution in [0.5, 0.6) is 6.01 Å². The lowest BCUT2D eigenvalue weighted by Gasteiger charge is -2.12. The summed E-state index contributed by atoms with van der Waals surface area (Å²) in [6.45, 7) is -0.710. The summed E-state index contributed by atoms with van der Waals surface area (Å²) in [7, 11) is 0. The van der Waals surface area contributed by atoms with Gasteiger partial charge in [-0.15, -0.1) is 0 Å². The first-order chi connectivity index (χ1) is 21.2. The van der Waals surface area contributed by atoms with Crippen molar-refractivity contribution >= 4 is 29.3 Å². The number of nitrogens with one attached hydrogen (secondary N) is 3. The molecule has 236 valence electrons. The van der Waals surface area contributed by atoms with Crippen LogP contribution in [0, 0.1) is 0 Å². The zero-order valence-electron chi connectivity index (χ0n) is 24.7. The minimum absolute atomic E-state index is 0.000200. The number of hydrogen-bond donors (Lipinski definition) is 3. The molecule has 6 rings (SSSR count). The SMILES string of the molecule is O=C1CCCCCCCCCCCCNC(=O)c2ccc(cc2)Nc2nc(nc(OCC(F)(F)F)n2)NCc2ccc1cc2. The number of hydrogen-bond acceptors (Lipinski definition) is 8. The van der Waals surface area contributed by atoms with Crippen molar-refractivity contribution < 1.29 is 27.5 Å². The first-order valence-electron chi connectivity index (χ1n) is 15.2. The molecule has 3 aliphatic rings. The van der Waals surface area contributed by atoms with Crippen molar-refractivity contribution in [3.8, 4) is 6.01 Å². The minimum Gasteiger partial charge on any atom is -0.454 e. The van der Waals surface area contributed by atoms with Crippen molar-refractivity contribution in [1.29, 1.82) is 0 Å². The molecule has 6 bridgehead atoms. The van der Waals surface area contributed by atoms with Gasteiger partial charge in [-0.3, -0.25) is 9.59 Å². The maximum Gasteiger partial charge on any atom is 0.422 e. The monoisotopic (exact) mass is 612 g/mol. The van der Waals surface area contributed by atoms with Gasteiger partial charge in [0.2, 0.25) is 11.9 Å². The summed E-state index contributed by atoms with van der Waals surface area (Å²) < 4.78 is 43.2. The van der Waals surface area contributed by atoms with Crippen LogP contribution in [-0.2, 0) is 6.54 Å². The van der Waals surface area contributed by atoms with E-state index in [0.717, 1.165) is 44.1 Å². The minimum atomic E-state index is -4.57. The molecule has 1 amide bonds. The Balaban J connectivity index is 1.48. The number of carbonyl (C=O) groups excluding carboxylic acids is 2. The lowest BCUT2D eigenvalue weighted by atomic mass is 10.0. The van der Waals surface area contributed by atoms with Gasteiger partial charge in [0.15, 0.2) is 12.4 Å². The predicted octanol–water partition coefficient (Wildman–Crippen LogP) is 7.39. The van der Waals surface area contributed by atoms with Crippen molar-refractivity contribution in [2.75, 3.05) is 23.8 Å². The van der Waals surface area contributed by atoms with E-state index in [1.807, 2.05) is 12.1 Å². The van der Waals surface area contributed by atoms with E-state index in [2.05, 4.69) is 30.9 Å². The molecule has 44 heavy (non-hydrogen) atoms. The van der Waals surface area contributed by atoms with E-state index in [9.17, 15) is 22.8 Å². The summed E-state index contributed by atoms with van der Waals surface area (Å²) in [5.74, 6) is -0.108. The fraction of sp³-hybridized carbons (Fsp3) is 0.469. The number of halogens is 3. The maximum absolute atomic E-state index is 12.8. The fourth-order valence-corrected chi connectivity index (χ4v) is 4.80. The van der Waals surface area contributed by atoms with E-state index >= 15 is 0 Å². The number of fused-ring (bicyclic) bond motifs is 2. The first kappa shape index (κ1) is 32.7. The molecule has 2 aromatic carbocycles. The summed E-state index contributed by atoms with van der Waals surface area (Å²) >= 11 is 0. The lowest BCUT2D eigenvalue weighted by Crippen LogP contribution is -2.24. The number of aromatic nitrogens is 3. The van der Waals surface area contributed by atoms with Crippen LogP contribution in [0.2, 0.25) is 0 Å². The second-order valence-electron chi connectivity index (χ2n) is 10.9. The van der Waals surface area contributed by atoms with E-state index in [4.69, 9.17) is 4.74 Å². The highest BCUT2D eigenvalue weighted by Gasteiger charge is 2.29. The van der Waals surface area contributed by atoms with Crippen LogP contribution in [0.4, 0.5) is 30.8 Å². The molecule has 0 atom stereocenters. The average Bonchev–Trinajstić information content (AvgIpc) is 3.01. The van der Waals surface area contributed by atoms with Crippen LogP contribution in [-0.4, -0.2) is 46.0 Å². The Morgan fingerprint density at radius 1 is 0.682 bits per heavy atom. The smallest absolute Gasteiger partial charge is 0.422 e. The van der Waals surface area contributed by atoms with Crippen LogP contribution < -0.4 is 20.7 Å². The Morgan fingerprint density at radius 3 is 1.93 bits per heavy atom. The zero-order valence-corrected chi connectivity index (χ0v) is 24.7. The Labute approximate surface area is 255 Å². The van der Waals surface area contributed by atoms with Gasteiger partial charge in [0.1, 0.15) is 0 Å². The van der Waals surface area contributed by atoms with Crippen molar-refractivity contribution in [1.82, 2.24) is 20.3 Å². The molecule has 1 aromatic heterocycles. The van der Waals surface area contributed by atoms with Gasteiger partial charge in [-0.25, -0.2) is 0 Å². The number of carbonyl (C=O) groups is 2. The summed E-state index contributed by atoms with van der Waals surface area (Å²) in [6.07, 6.45) is 6.86. The second-order valence-corrected chi connectivity index (χ2v) is 10.9. The van der Waals surface area contributed by atoms with Crippen molar-refractivity contribution in [3.63, 3.8) is 0 Å². The third-order valence-corrected chi connectivity index (χ3v) is 7.23. The van der Waals surface area contributed by atoms with Gasteiger partial charge < -0.3 is 20.7 Å². The number of nitrogens with zero attached hydrogens (tertiary/aromatic N) is 3. The van der Waals surface area contributed by atoms with Crippen molar-refractivity contribution in [3.05, 3.63) is 65.2 Å². The molecule has 0 saturated carbocycles. The highest BCUT2D eigenvalue weighted by Crippen LogP contribution is 2.21. The average molecular weight is 613 g/mol. The molecule has 0 spiro atoms. The highest BCUT2D eigenvalue weighted by molar-refractivity contribution is 5.96. The standard InChI is InChI=1S/C32H39F3N6O3/c33-32(34,35)22-44-31-40-29-37-21-23-12-14-24(15-13-23)27(42)11-9-7-5-3-1-2-4-6-8-10-20-36-28(43)25-16-18-26(19-17-25)38-30(39-29)41-31/h12-19H,1-11,20-22H2,(H,36,43)(H2,37,38,39,40,41). The quantitative estimate of drug-likeness (QED) is 0.274. The molecular weight excluding hydrogens is 573 g/mol. The van der Waals surface area contributed by atoms with E-state index in [1.165, 1.54) is 25.7 Å².